The second-order valence-corrected chi connectivity index (χ2v) is 3.51. The summed E-state index contributed by atoms with van der Waals surface area (Å²) in [7, 11) is 0. The van der Waals surface area contributed by atoms with E-state index >= 15 is 0 Å². The van der Waals surface area contributed by atoms with Crippen LogP contribution in [-0.2, 0) is 4.79 Å². The van der Waals surface area contributed by atoms with Crippen LogP contribution in [0.4, 0.5) is 0 Å². The van der Waals surface area contributed by atoms with Crippen molar-refractivity contribution in [1.29, 1.82) is 0 Å². The van der Waals surface area contributed by atoms with Crippen molar-refractivity contribution in [3.63, 3.8) is 0 Å². The first-order valence-corrected chi connectivity index (χ1v) is 4.45. The van der Waals surface area contributed by atoms with Gasteiger partial charge in [0, 0.05) is 11.0 Å². The largest absolute Gasteiger partial charge is 0.478 e. The van der Waals surface area contributed by atoms with Crippen LogP contribution in [0.5, 0.6) is 0 Å². The molecule has 1 aromatic rings. The van der Waals surface area contributed by atoms with Crippen molar-refractivity contribution >= 4 is 22.9 Å². The highest BCUT2D eigenvalue weighted by Gasteiger charge is 2.02. The molecule has 1 rings (SSSR count). The second kappa shape index (κ2) is 3.54. The molecule has 0 bridgehead atoms. The van der Waals surface area contributed by atoms with Crippen molar-refractivity contribution in [2.45, 2.75) is 13.8 Å². The minimum Gasteiger partial charge on any atom is -0.478 e. The van der Waals surface area contributed by atoms with E-state index < -0.39 is 5.97 Å². The van der Waals surface area contributed by atoms with Crippen LogP contribution in [-0.4, -0.2) is 11.1 Å². The van der Waals surface area contributed by atoms with Gasteiger partial charge in [0.05, 0.1) is 0 Å². The van der Waals surface area contributed by atoms with Gasteiger partial charge in [0.1, 0.15) is 0 Å². The summed E-state index contributed by atoms with van der Waals surface area (Å²) in [6.07, 6.45) is 1.23. The zero-order chi connectivity index (χ0) is 9.14. The molecule has 0 radical (unpaired) electrons. The van der Waals surface area contributed by atoms with Gasteiger partial charge in [0.25, 0.3) is 0 Å². The number of hydrogen-bond donors (Lipinski definition) is 1. The normalized spacial score (nSPS) is 11.7. The summed E-state index contributed by atoms with van der Waals surface area (Å²) < 4.78 is 0. The van der Waals surface area contributed by atoms with E-state index in [1.807, 2.05) is 25.3 Å². The predicted octanol–water partition coefficient (Wildman–Crippen LogP) is 2.54. The second-order valence-electron chi connectivity index (χ2n) is 2.60. The minimum atomic E-state index is -0.889. The molecule has 1 heterocycles. The maximum atomic E-state index is 10.3. The van der Waals surface area contributed by atoms with Crippen molar-refractivity contribution in [3.05, 3.63) is 28.0 Å². The monoisotopic (exact) mass is 182 g/mol. The molecule has 0 aliphatic rings. The van der Waals surface area contributed by atoms with Gasteiger partial charge in [0.2, 0.25) is 0 Å². The van der Waals surface area contributed by atoms with E-state index in [1.54, 1.807) is 11.3 Å². The molecule has 0 spiro atoms. The fourth-order valence-corrected chi connectivity index (χ4v) is 1.93. The fourth-order valence-electron chi connectivity index (χ4n) is 1.03. The van der Waals surface area contributed by atoms with Gasteiger partial charge in [-0.25, -0.2) is 4.79 Å². The smallest absolute Gasteiger partial charge is 0.328 e. The standard InChI is InChI=1S/C9H10O2S/c1-6-3-4-12-9(6)7(2)5-8(10)11/h3-5H,1-2H3,(H,10,11)/b7-5-. The van der Waals surface area contributed by atoms with Crippen molar-refractivity contribution < 1.29 is 9.90 Å². The van der Waals surface area contributed by atoms with E-state index in [4.69, 9.17) is 5.11 Å². The van der Waals surface area contributed by atoms with Crippen LogP contribution in [0.3, 0.4) is 0 Å². The molecule has 0 aromatic carbocycles. The quantitative estimate of drug-likeness (QED) is 0.714. The number of carboxylic acid groups (broad SMARTS) is 1. The molecule has 3 heteroatoms. The Balaban J connectivity index is 2.99. The molecule has 0 saturated carbocycles. The van der Waals surface area contributed by atoms with Gasteiger partial charge in [-0.1, -0.05) is 0 Å². The molecule has 12 heavy (non-hydrogen) atoms. The lowest BCUT2D eigenvalue weighted by atomic mass is 10.2. The Morgan fingerprint density at radius 3 is 2.75 bits per heavy atom. The first-order chi connectivity index (χ1) is 5.61. The van der Waals surface area contributed by atoms with E-state index in [-0.39, 0.29) is 0 Å². The Bertz CT molecular complexity index is 323. The molecule has 64 valence electrons. The van der Waals surface area contributed by atoms with E-state index in [2.05, 4.69) is 0 Å². The Hall–Kier alpha value is -1.09. The SMILES string of the molecule is C/C(=C/C(=O)O)c1sccc1C. The highest BCUT2D eigenvalue weighted by atomic mass is 32.1. The van der Waals surface area contributed by atoms with E-state index in [0.717, 1.165) is 16.0 Å². The average Bonchev–Trinajstić information content (AvgIpc) is 2.33. The highest BCUT2D eigenvalue weighted by Crippen LogP contribution is 2.23. The van der Waals surface area contributed by atoms with Gasteiger partial charge >= 0.3 is 5.97 Å². The third-order valence-corrected chi connectivity index (χ3v) is 2.71. The lowest BCUT2D eigenvalue weighted by Crippen LogP contribution is -1.89. The number of allylic oxidation sites excluding steroid dienone is 1. The lowest BCUT2D eigenvalue weighted by Gasteiger charge is -1.96. The van der Waals surface area contributed by atoms with Crippen LogP contribution in [0.15, 0.2) is 17.5 Å². The van der Waals surface area contributed by atoms with Gasteiger partial charge in [-0.3, -0.25) is 0 Å². The van der Waals surface area contributed by atoms with Crippen LogP contribution in [0, 0.1) is 6.92 Å². The van der Waals surface area contributed by atoms with Crippen LogP contribution in [0.25, 0.3) is 5.57 Å². The predicted molar refractivity (Wildman–Crippen MR) is 50.3 cm³/mol. The number of hydrogen-bond acceptors (Lipinski definition) is 2. The summed E-state index contributed by atoms with van der Waals surface area (Å²) in [4.78, 5) is 11.4. The first kappa shape index (κ1) is 9.00. The number of carbonyl (C=O) groups is 1. The molecule has 2 nitrogen and oxygen atoms in total. The third kappa shape index (κ3) is 1.95. The van der Waals surface area contributed by atoms with Gasteiger partial charge in [0.15, 0.2) is 0 Å². The molecular weight excluding hydrogens is 172 g/mol. The molecular formula is C9H10O2S. The third-order valence-electron chi connectivity index (χ3n) is 1.56. The van der Waals surface area contributed by atoms with Gasteiger partial charge in [-0.15, -0.1) is 11.3 Å². The van der Waals surface area contributed by atoms with E-state index in [1.165, 1.54) is 6.08 Å². The van der Waals surface area contributed by atoms with Gasteiger partial charge in [-0.2, -0.15) is 0 Å². The van der Waals surface area contributed by atoms with Gasteiger partial charge < -0.3 is 5.11 Å². The number of aryl methyl sites for hydroxylation is 1. The summed E-state index contributed by atoms with van der Waals surface area (Å²) in [5.41, 5.74) is 1.95. The average molecular weight is 182 g/mol. The molecule has 0 amide bonds. The zero-order valence-electron chi connectivity index (χ0n) is 7.00. The lowest BCUT2D eigenvalue weighted by molar-refractivity contribution is -0.131. The molecule has 0 fully saturated rings. The minimum absolute atomic E-state index is 0.815. The molecule has 0 saturated heterocycles. The van der Waals surface area contributed by atoms with E-state index in [0.29, 0.717) is 0 Å². The van der Waals surface area contributed by atoms with Crippen LogP contribution < -0.4 is 0 Å². The summed E-state index contributed by atoms with van der Waals surface area (Å²) in [6, 6.07) is 1.99. The highest BCUT2D eigenvalue weighted by molar-refractivity contribution is 7.11. The Labute approximate surface area is 75.2 Å². The Morgan fingerprint density at radius 2 is 2.33 bits per heavy atom. The van der Waals surface area contributed by atoms with Crippen LogP contribution >= 0.6 is 11.3 Å². The molecule has 0 aliphatic carbocycles. The summed E-state index contributed by atoms with van der Waals surface area (Å²) in [6.45, 7) is 3.79. The van der Waals surface area contributed by atoms with Crippen molar-refractivity contribution in [2.24, 2.45) is 0 Å². The van der Waals surface area contributed by atoms with Crippen LogP contribution in [0.2, 0.25) is 0 Å². The first-order valence-electron chi connectivity index (χ1n) is 3.57. The molecule has 0 aliphatic heterocycles. The zero-order valence-corrected chi connectivity index (χ0v) is 7.81. The number of carboxylic acids is 1. The van der Waals surface area contributed by atoms with Crippen LogP contribution in [0.1, 0.15) is 17.4 Å². The Morgan fingerprint density at radius 1 is 1.67 bits per heavy atom. The summed E-state index contributed by atoms with van der Waals surface area (Å²) in [5.74, 6) is -0.889. The molecule has 1 aromatic heterocycles. The number of thiophene rings is 1. The number of aliphatic carboxylic acids is 1. The Kier molecular flexibility index (Phi) is 2.65. The molecule has 0 atom stereocenters. The van der Waals surface area contributed by atoms with Gasteiger partial charge in [-0.05, 0) is 36.4 Å². The number of rotatable bonds is 2. The fraction of sp³-hybridized carbons (Fsp3) is 0.222. The van der Waals surface area contributed by atoms with Crippen molar-refractivity contribution in [3.8, 4) is 0 Å². The van der Waals surface area contributed by atoms with Crippen molar-refractivity contribution in [2.75, 3.05) is 0 Å². The molecule has 1 N–H and O–H groups in total. The molecule has 0 unspecified atom stereocenters. The summed E-state index contributed by atoms with van der Waals surface area (Å²) in [5, 5.41) is 10.5. The maximum Gasteiger partial charge on any atom is 0.328 e. The summed E-state index contributed by atoms with van der Waals surface area (Å²) >= 11 is 1.57. The maximum absolute atomic E-state index is 10.3. The van der Waals surface area contributed by atoms with E-state index in [9.17, 15) is 4.79 Å². The van der Waals surface area contributed by atoms with Crippen molar-refractivity contribution in [1.82, 2.24) is 0 Å². The topological polar surface area (TPSA) is 37.3 Å².